The summed E-state index contributed by atoms with van der Waals surface area (Å²) >= 11 is 1.88. The first kappa shape index (κ1) is 30.8. The van der Waals surface area contributed by atoms with E-state index in [9.17, 15) is 0 Å². The molecule has 0 aliphatic heterocycles. The van der Waals surface area contributed by atoms with Crippen LogP contribution in [0.5, 0.6) is 0 Å². The Labute approximate surface area is 315 Å². The van der Waals surface area contributed by atoms with Crippen molar-refractivity contribution >= 4 is 86.8 Å². The fourth-order valence-corrected chi connectivity index (χ4v) is 9.61. The predicted molar refractivity (Wildman–Crippen MR) is 230 cm³/mol. The minimum absolute atomic E-state index is 0.804. The molecule has 4 heterocycles. The van der Waals surface area contributed by atoms with Gasteiger partial charge in [0.25, 0.3) is 0 Å². The van der Waals surface area contributed by atoms with E-state index in [0.29, 0.717) is 0 Å². The van der Waals surface area contributed by atoms with E-state index in [0.717, 1.165) is 44.7 Å². The number of benzene rings is 7. The number of imidazole rings is 1. The van der Waals surface area contributed by atoms with Crippen LogP contribution in [0.2, 0.25) is 0 Å². The molecule has 0 spiro atoms. The summed E-state index contributed by atoms with van der Waals surface area (Å²) in [7, 11) is 0. The lowest BCUT2D eigenvalue weighted by Crippen LogP contribution is -2.08. The van der Waals surface area contributed by atoms with E-state index in [-0.39, 0.29) is 0 Å². The molecule has 11 rings (SSSR count). The van der Waals surface area contributed by atoms with Gasteiger partial charge in [0.05, 0.1) is 27.8 Å². The summed E-state index contributed by atoms with van der Waals surface area (Å²) in [6.45, 7) is 6.26. The van der Waals surface area contributed by atoms with Crippen LogP contribution >= 0.6 is 11.3 Å². The number of hydrogen-bond acceptors (Lipinski definition) is 3. The van der Waals surface area contributed by atoms with E-state index >= 15 is 0 Å². The van der Waals surface area contributed by atoms with Crippen LogP contribution < -0.4 is 0 Å². The molecule has 4 nitrogen and oxygen atoms in total. The standard InChI is InChI=1S/C49H32N4S/c1-3-4-24-43-30(2)38-29-39(35-20-14-21-36-40-28-32(31-15-6-5-7-16-31)26-27-45(40)54-47(35)36)33-17-8-9-18-34(33)46(38)52(43)49-51-41-22-11-10-19-37(41)48-50-42-23-12-13-25-44(42)53(48)49/h3-29H,1H2,2H3/b24-4-. The molecule has 0 fully saturated rings. The van der Waals surface area contributed by atoms with Gasteiger partial charge in [-0.15, -0.1) is 11.3 Å². The molecule has 0 N–H and O–H groups in total. The van der Waals surface area contributed by atoms with Crippen molar-refractivity contribution in [3.05, 3.63) is 176 Å². The molecule has 0 unspecified atom stereocenters. The maximum absolute atomic E-state index is 5.44. The van der Waals surface area contributed by atoms with Crippen molar-refractivity contribution < 1.29 is 0 Å². The van der Waals surface area contributed by atoms with E-state index in [2.05, 4.69) is 168 Å². The first-order valence-corrected chi connectivity index (χ1v) is 19.0. The Morgan fingerprint density at radius 3 is 2.19 bits per heavy atom. The number of rotatable bonds is 5. The Balaban J connectivity index is 1.24. The molecule has 0 amide bonds. The summed E-state index contributed by atoms with van der Waals surface area (Å²) in [6, 6.07) is 52.2. The highest BCUT2D eigenvalue weighted by molar-refractivity contribution is 7.26. The van der Waals surface area contributed by atoms with Crippen LogP contribution in [-0.4, -0.2) is 18.9 Å². The van der Waals surface area contributed by atoms with Crippen LogP contribution in [0.4, 0.5) is 0 Å². The van der Waals surface area contributed by atoms with Crippen molar-refractivity contribution in [3.8, 4) is 28.2 Å². The highest BCUT2D eigenvalue weighted by atomic mass is 32.1. The van der Waals surface area contributed by atoms with Crippen LogP contribution in [-0.2, 0) is 0 Å². The first-order chi connectivity index (χ1) is 26.7. The summed E-state index contributed by atoms with van der Waals surface area (Å²) in [6.07, 6.45) is 6.02. The Morgan fingerprint density at radius 2 is 1.33 bits per heavy atom. The van der Waals surface area contributed by atoms with Crippen molar-refractivity contribution in [3.63, 3.8) is 0 Å². The Kier molecular flexibility index (Phi) is 6.75. The zero-order chi connectivity index (χ0) is 35.9. The van der Waals surface area contributed by atoms with Crippen LogP contribution in [0.15, 0.2) is 164 Å². The molecular weight excluding hydrogens is 677 g/mol. The number of para-hydroxylation sites is 3. The molecule has 54 heavy (non-hydrogen) atoms. The smallest absolute Gasteiger partial charge is 0.221 e. The fraction of sp³-hybridized carbons (Fsp3) is 0.0204. The van der Waals surface area contributed by atoms with E-state index in [1.165, 1.54) is 64.1 Å². The molecule has 0 saturated heterocycles. The fourth-order valence-electron chi connectivity index (χ4n) is 8.40. The van der Waals surface area contributed by atoms with Crippen molar-refractivity contribution in [2.75, 3.05) is 0 Å². The van der Waals surface area contributed by atoms with Gasteiger partial charge in [0, 0.05) is 41.9 Å². The lowest BCUT2D eigenvalue weighted by Gasteiger charge is -2.15. The molecule has 5 heteroatoms. The number of aromatic nitrogens is 4. The Morgan fingerprint density at radius 1 is 0.593 bits per heavy atom. The maximum atomic E-state index is 5.44. The third-order valence-corrected chi connectivity index (χ3v) is 12.1. The third-order valence-electron chi connectivity index (χ3n) is 10.9. The molecule has 0 aliphatic carbocycles. The molecule has 7 aromatic carbocycles. The van der Waals surface area contributed by atoms with Gasteiger partial charge in [-0.1, -0.05) is 122 Å². The maximum Gasteiger partial charge on any atom is 0.221 e. The summed E-state index contributed by atoms with van der Waals surface area (Å²) < 4.78 is 7.16. The number of aryl methyl sites for hydroxylation is 1. The lowest BCUT2D eigenvalue weighted by atomic mass is 9.94. The van der Waals surface area contributed by atoms with E-state index in [4.69, 9.17) is 9.97 Å². The Bertz CT molecular complexity index is 3360. The number of fused-ring (bicyclic) bond motifs is 11. The lowest BCUT2D eigenvalue weighted by molar-refractivity contribution is 0.944. The van der Waals surface area contributed by atoms with E-state index in [1.54, 1.807) is 0 Å². The quantitative estimate of drug-likeness (QED) is 0.167. The number of nitrogens with zero attached hydrogens (tertiary/aromatic N) is 4. The zero-order valence-corrected chi connectivity index (χ0v) is 30.3. The van der Waals surface area contributed by atoms with Gasteiger partial charge in [0.15, 0.2) is 0 Å². The SMILES string of the molecule is C=C/C=C\c1c(C)c2cc(-c3cccc4c3sc3ccc(-c5ccccc5)cc34)c3ccccc3c2n1-c1nc2ccccc2c2nc3ccccc3n12. The molecule has 254 valence electrons. The largest absolute Gasteiger partial charge is 0.279 e. The average Bonchev–Trinajstić information content (AvgIpc) is 3.89. The molecule has 11 aromatic rings. The Hall–Kier alpha value is -6.82. The monoisotopic (exact) mass is 708 g/mol. The zero-order valence-electron chi connectivity index (χ0n) is 29.5. The highest BCUT2D eigenvalue weighted by Gasteiger charge is 2.24. The van der Waals surface area contributed by atoms with Crippen molar-refractivity contribution in [2.45, 2.75) is 6.92 Å². The number of hydrogen-bond donors (Lipinski definition) is 0. The van der Waals surface area contributed by atoms with Crippen LogP contribution in [0.25, 0.3) is 104 Å². The summed E-state index contributed by atoms with van der Waals surface area (Å²) in [5.41, 5.74) is 12.0. The number of thiophene rings is 1. The van der Waals surface area contributed by atoms with Gasteiger partial charge in [-0.2, -0.15) is 0 Å². The van der Waals surface area contributed by atoms with Gasteiger partial charge in [0.2, 0.25) is 5.95 Å². The summed E-state index contributed by atoms with van der Waals surface area (Å²) in [5.74, 6) is 0.804. The summed E-state index contributed by atoms with van der Waals surface area (Å²) in [5, 5.41) is 7.15. The molecule has 0 bridgehead atoms. The molecule has 4 aromatic heterocycles. The van der Waals surface area contributed by atoms with Gasteiger partial charge < -0.3 is 0 Å². The highest BCUT2D eigenvalue weighted by Crippen LogP contribution is 2.46. The van der Waals surface area contributed by atoms with Gasteiger partial charge in [-0.3, -0.25) is 8.97 Å². The van der Waals surface area contributed by atoms with Gasteiger partial charge in [0.1, 0.15) is 5.65 Å². The van der Waals surface area contributed by atoms with Crippen molar-refractivity contribution in [1.29, 1.82) is 0 Å². The number of allylic oxidation sites excluding steroid dienone is 2. The minimum Gasteiger partial charge on any atom is -0.279 e. The first-order valence-electron chi connectivity index (χ1n) is 18.2. The normalized spacial score (nSPS) is 12.2. The molecule has 0 atom stereocenters. The van der Waals surface area contributed by atoms with Crippen LogP contribution in [0, 0.1) is 6.92 Å². The molecule has 0 aliphatic rings. The summed E-state index contributed by atoms with van der Waals surface area (Å²) in [4.78, 5) is 10.6. The van der Waals surface area contributed by atoms with Crippen LogP contribution in [0.1, 0.15) is 11.3 Å². The minimum atomic E-state index is 0.804. The predicted octanol–water partition coefficient (Wildman–Crippen LogP) is 13.3. The average molecular weight is 709 g/mol. The molecule has 0 saturated carbocycles. The molecule has 0 radical (unpaired) electrons. The van der Waals surface area contributed by atoms with Gasteiger partial charge in [-0.25, -0.2) is 9.97 Å². The van der Waals surface area contributed by atoms with Crippen molar-refractivity contribution in [1.82, 2.24) is 18.9 Å². The van der Waals surface area contributed by atoms with Gasteiger partial charge >= 0.3 is 0 Å². The van der Waals surface area contributed by atoms with E-state index < -0.39 is 0 Å². The van der Waals surface area contributed by atoms with E-state index in [1.807, 2.05) is 29.6 Å². The third kappa shape index (κ3) is 4.42. The second-order valence-corrected chi connectivity index (χ2v) is 14.9. The second kappa shape index (κ2) is 11.9. The van der Waals surface area contributed by atoms with Crippen LogP contribution in [0.3, 0.4) is 0 Å². The van der Waals surface area contributed by atoms with Gasteiger partial charge in [-0.05, 0) is 83.1 Å². The topological polar surface area (TPSA) is 35.1 Å². The second-order valence-electron chi connectivity index (χ2n) is 13.9. The van der Waals surface area contributed by atoms with Crippen molar-refractivity contribution in [2.24, 2.45) is 0 Å². The molecular formula is C49H32N4S.